The van der Waals surface area contributed by atoms with Crippen LogP contribution in [0.2, 0.25) is 0 Å². The summed E-state index contributed by atoms with van der Waals surface area (Å²) >= 11 is 0. The summed E-state index contributed by atoms with van der Waals surface area (Å²) in [6.45, 7) is 3.75. The van der Waals surface area contributed by atoms with E-state index in [1.165, 1.54) is 0 Å². The molecule has 0 bridgehead atoms. The van der Waals surface area contributed by atoms with Gasteiger partial charge in [-0.15, -0.1) is 0 Å². The highest BCUT2D eigenvalue weighted by Crippen LogP contribution is 2.24. The number of para-hydroxylation sites is 1. The molecule has 0 N–H and O–H groups in total. The number of hydrogen-bond acceptors (Lipinski definition) is 4. The quantitative estimate of drug-likeness (QED) is 0.483. The number of sulfone groups is 1. The maximum atomic E-state index is 12.5. The van der Waals surface area contributed by atoms with Crippen molar-refractivity contribution >= 4 is 15.8 Å². The summed E-state index contributed by atoms with van der Waals surface area (Å²) in [5.41, 5.74) is 2.59. The van der Waals surface area contributed by atoms with Crippen molar-refractivity contribution in [1.29, 1.82) is 0 Å². The number of rotatable bonds is 5. The monoisotopic (exact) mass is 380 g/mol. The molecule has 0 aliphatic heterocycles. The zero-order chi connectivity index (χ0) is 19.4. The molecule has 0 spiro atoms. The molecule has 27 heavy (non-hydrogen) atoms. The largest absolute Gasteiger partial charge is 0.422 e. The van der Waals surface area contributed by atoms with Gasteiger partial charge in [0.2, 0.25) is 0 Å². The van der Waals surface area contributed by atoms with Gasteiger partial charge in [-0.3, -0.25) is 0 Å². The van der Waals surface area contributed by atoms with E-state index < -0.39 is 15.8 Å². The number of hydrogen-bond donors (Lipinski definition) is 0. The SMILES string of the molecule is Cc1cccc(C)c1OC(=O)c1cccc(CS(=O)(=O)c2ccccc2)c1. The van der Waals surface area contributed by atoms with Crippen LogP contribution in [0.1, 0.15) is 27.0 Å². The van der Waals surface area contributed by atoms with Crippen LogP contribution in [-0.4, -0.2) is 14.4 Å². The molecule has 0 heterocycles. The van der Waals surface area contributed by atoms with Gasteiger partial charge in [0, 0.05) is 0 Å². The van der Waals surface area contributed by atoms with Gasteiger partial charge in [-0.05, 0) is 54.8 Å². The maximum Gasteiger partial charge on any atom is 0.343 e. The van der Waals surface area contributed by atoms with E-state index in [9.17, 15) is 13.2 Å². The Hall–Kier alpha value is -2.92. The molecule has 3 aromatic rings. The second-order valence-corrected chi connectivity index (χ2v) is 8.37. The predicted octanol–water partition coefficient (Wildman–Crippen LogP) is 4.50. The average molecular weight is 380 g/mol. The van der Waals surface area contributed by atoms with E-state index in [-0.39, 0.29) is 10.6 Å². The van der Waals surface area contributed by atoms with Crippen LogP contribution < -0.4 is 4.74 Å². The summed E-state index contributed by atoms with van der Waals surface area (Å²) in [7, 11) is -3.48. The Bertz CT molecular complexity index is 1050. The topological polar surface area (TPSA) is 60.4 Å². The summed E-state index contributed by atoms with van der Waals surface area (Å²) in [5.74, 6) is -0.155. The lowest BCUT2D eigenvalue weighted by Crippen LogP contribution is -2.11. The number of carbonyl (C=O) groups excluding carboxylic acids is 1. The lowest BCUT2D eigenvalue weighted by atomic mass is 10.1. The Morgan fingerprint density at radius 2 is 1.48 bits per heavy atom. The Labute approximate surface area is 159 Å². The zero-order valence-corrected chi connectivity index (χ0v) is 16.0. The summed E-state index contributed by atoms with van der Waals surface area (Å²) in [6.07, 6.45) is 0. The van der Waals surface area contributed by atoms with Crippen molar-refractivity contribution < 1.29 is 17.9 Å². The molecule has 0 amide bonds. The van der Waals surface area contributed by atoms with Crippen LogP contribution in [0.5, 0.6) is 5.75 Å². The molecular formula is C22H20O4S. The second-order valence-electron chi connectivity index (χ2n) is 6.38. The minimum absolute atomic E-state index is 0.179. The van der Waals surface area contributed by atoms with Crippen LogP contribution in [-0.2, 0) is 15.6 Å². The number of carbonyl (C=O) groups is 1. The van der Waals surface area contributed by atoms with Gasteiger partial charge in [-0.2, -0.15) is 0 Å². The highest BCUT2D eigenvalue weighted by atomic mass is 32.2. The minimum Gasteiger partial charge on any atom is -0.422 e. The highest BCUT2D eigenvalue weighted by molar-refractivity contribution is 7.90. The zero-order valence-electron chi connectivity index (χ0n) is 15.2. The molecule has 3 aromatic carbocycles. The molecule has 0 radical (unpaired) electrons. The molecule has 0 saturated heterocycles. The number of benzene rings is 3. The second kappa shape index (κ2) is 7.76. The first-order valence-corrected chi connectivity index (χ1v) is 10.2. The third kappa shape index (κ3) is 4.44. The normalized spacial score (nSPS) is 11.2. The van der Waals surface area contributed by atoms with E-state index in [1.54, 1.807) is 54.6 Å². The van der Waals surface area contributed by atoms with Crippen molar-refractivity contribution in [3.8, 4) is 5.75 Å². The molecule has 5 heteroatoms. The van der Waals surface area contributed by atoms with Gasteiger partial charge in [-0.1, -0.05) is 48.5 Å². The number of ether oxygens (including phenoxy) is 1. The fraction of sp³-hybridized carbons (Fsp3) is 0.136. The van der Waals surface area contributed by atoms with Gasteiger partial charge in [-0.25, -0.2) is 13.2 Å². The van der Waals surface area contributed by atoms with Crippen LogP contribution in [0.3, 0.4) is 0 Å². The molecule has 4 nitrogen and oxygen atoms in total. The van der Waals surface area contributed by atoms with Gasteiger partial charge in [0.25, 0.3) is 0 Å². The molecule has 138 valence electrons. The van der Waals surface area contributed by atoms with E-state index in [2.05, 4.69) is 0 Å². The van der Waals surface area contributed by atoms with E-state index >= 15 is 0 Å². The Kier molecular flexibility index (Phi) is 5.42. The molecule has 0 aliphatic carbocycles. The highest BCUT2D eigenvalue weighted by Gasteiger charge is 2.17. The number of aryl methyl sites for hydroxylation is 2. The Morgan fingerprint density at radius 3 is 2.15 bits per heavy atom. The van der Waals surface area contributed by atoms with Gasteiger partial charge in [0.15, 0.2) is 9.84 Å². The van der Waals surface area contributed by atoms with Crippen LogP contribution in [0.25, 0.3) is 0 Å². The first-order chi connectivity index (χ1) is 12.9. The Balaban J connectivity index is 1.82. The first-order valence-electron chi connectivity index (χ1n) is 8.52. The van der Waals surface area contributed by atoms with Crippen LogP contribution >= 0.6 is 0 Å². The van der Waals surface area contributed by atoms with Gasteiger partial charge < -0.3 is 4.74 Å². The van der Waals surface area contributed by atoms with Gasteiger partial charge >= 0.3 is 5.97 Å². The van der Waals surface area contributed by atoms with Gasteiger partial charge in [0.1, 0.15) is 5.75 Å². The molecule has 0 aliphatic rings. The van der Waals surface area contributed by atoms with E-state index in [0.29, 0.717) is 16.9 Å². The summed E-state index contributed by atoms with van der Waals surface area (Å²) in [6, 6.07) is 20.5. The Morgan fingerprint density at radius 1 is 0.852 bits per heavy atom. The molecule has 0 aromatic heterocycles. The van der Waals surface area contributed by atoms with E-state index in [0.717, 1.165) is 11.1 Å². The van der Waals surface area contributed by atoms with E-state index in [4.69, 9.17) is 4.74 Å². The molecule has 0 atom stereocenters. The minimum atomic E-state index is -3.48. The van der Waals surface area contributed by atoms with Crippen LogP contribution in [0.4, 0.5) is 0 Å². The third-order valence-corrected chi connectivity index (χ3v) is 5.93. The fourth-order valence-electron chi connectivity index (χ4n) is 2.83. The standard InChI is InChI=1S/C22H20O4S/c1-16-8-6-9-17(2)21(16)26-22(23)19-11-7-10-18(14-19)15-27(24,25)20-12-4-3-5-13-20/h3-14H,15H2,1-2H3. The summed E-state index contributed by atoms with van der Waals surface area (Å²) < 4.78 is 30.6. The lowest BCUT2D eigenvalue weighted by Gasteiger charge is -2.11. The van der Waals surface area contributed by atoms with Crippen molar-refractivity contribution in [2.24, 2.45) is 0 Å². The van der Waals surface area contributed by atoms with E-state index in [1.807, 2.05) is 32.0 Å². The molecule has 0 unspecified atom stereocenters. The summed E-state index contributed by atoms with van der Waals surface area (Å²) in [4.78, 5) is 12.8. The predicted molar refractivity (Wildman–Crippen MR) is 105 cm³/mol. The van der Waals surface area contributed by atoms with Crippen LogP contribution in [0, 0.1) is 13.8 Å². The molecule has 3 rings (SSSR count). The average Bonchev–Trinajstić information content (AvgIpc) is 2.65. The van der Waals surface area contributed by atoms with Crippen molar-refractivity contribution in [2.45, 2.75) is 24.5 Å². The smallest absolute Gasteiger partial charge is 0.343 e. The summed E-state index contributed by atoms with van der Waals surface area (Å²) in [5, 5.41) is 0. The van der Waals surface area contributed by atoms with Gasteiger partial charge in [0.05, 0.1) is 16.2 Å². The third-order valence-electron chi connectivity index (χ3n) is 4.23. The number of esters is 1. The molecular weight excluding hydrogens is 360 g/mol. The lowest BCUT2D eigenvalue weighted by molar-refractivity contribution is 0.0732. The fourth-order valence-corrected chi connectivity index (χ4v) is 4.19. The molecule has 0 saturated carbocycles. The maximum absolute atomic E-state index is 12.5. The van der Waals surface area contributed by atoms with Crippen molar-refractivity contribution in [3.63, 3.8) is 0 Å². The van der Waals surface area contributed by atoms with Crippen molar-refractivity contribution in [1.82, 2.24) is 0 Å². The van der Waals surface area contributed by atoms with Crippen LogP contribution in [0.15, 0.2) is 77.7 Å². The first kappa shape index (κ1) is 18.9. The molecule has 0 fully saturated rings. The van der Waals surface area contributed by atoms with Crippen molar-refractivity contribution in [3.05, 3.63) is 95.1 Å². The van der Waals surface area contributed by atoms with Crippen molar-refractivity contribution in [2.75, 3.05) is 0 Å².